The second kappa shape index (κ2) is 6.63. The van der Waals surface area contributed by atoms with Crippen LogP contribution in [0.4, 0.5) is 0 Å². The number of aliphatic hydroxyl groups is 1. The number of carboxylic acid groups (broad SMARTS) is 1. The molecule has 0 fully saturated rings. The average Bonchev–Trinajstić information content (AvgIpc) is 2.03. The lowest BCUT2D eigenvalue weighted by Gasteiger charge is -2.01. The van der Waals surface area contributed by atoms with Crippen LogP contribution >= 0.6 is 0 Å². The Labute approximate surface area is 70.2 Å². The zero-order valence-electron chi connectivity index (χ0n) is 6.82. The molecular formula is C7H12O5. The summed E-state index contributed by atoms with van der Waals surface area (Å²) in [4.78, 5) is 10.2. The molecule has 0 atom stereocenters. The highest BCUT2D eigenvalue weighted by molar-refractivity contribution is 5.85. The molecule has 0 radical (unpaired) electrons. The molecular weight excluding hydrogens is 164 g/mol. The fourth-order valence-electron chi connectivity index (χ4n) is 0.381. The van der Waals surface area contributed by atoms with Gasteiger partial charge in [-0.05, 0) is 6.92 Å². The molecule has 0 saturated heterocycles. The van der Waals surface area contributed by atoms with Gasteiger partial charge in [0.2, 0.25) is 0 Å². The number of hydrogen-bond donors (Lipinski definition) is 2. The van der Waals surface area contributed by atoms with Crippen molar-refractivity contribution in [1.29, 1.82) is 0 Å². The van der Waals surface area contributed by atoms with Crippen molar-refractivity contribution in [2.24, 2.45) is 0 Å². The van der Waals surface area contributed by atoms with Gasteiger partial charge in [0.05, 0.1) is 25.0 Å². The Morgan fingerprint density at radius 2 is 2.25 bits per heavy atom. The van der Waals surface area contributed by atoms with E-state index < -0.39 is 5.97 Å². The summed E-state index contributed by atoms with van der Waals surface area (Å²) in [5, 5.41) is 16.6. The number of rotatable bonds is 6. The first-order chi connectivity index (χ1) is 5.68. The normalized spacial score (nSPS) is 11.3. The minimum atomic E-state index is -1.03. The molecule has 0 saturated carbocycles. The molecule has 0 aliphatic heterocycles. The largest absolute Gasteiger partial charge is 0.478 e. The van der Waals surface area contributed by atoms with Crippen LogP contribution in [0.25, 0.3) is 0 Å². The van der Waals surface area contributed by atoms with Crippen molar-refractivity contribution >= 4 is 5.97 Å². The fraction of sp³-hybridized carbons (Fsp3) is 0.571. The molecule has 5 nitrogen and oxygen atoms in total. The van der Waals surface area contributed by atoms with E-state index in [4.69, 9.17) is 14.9 Å². The predicted molar refractivity (Wildman–Crippen MR) is 40.4 cm³/mol. The Bertz CT molecular complexity index is 163. The topological polar surface area (TPSA) is 76.0 Å². The number of aliphatic carboxylic acids is 1. The van der Waals surface area contributed by atoms with Crippen LogP contribution in [0.1, 0.15) is 6.92 Å². The highest BCUT2D eigenvalue weighted by Crippen LogP contribution is 1.92. The van der Waals surface area contributed by atoms with Crippen LogP contribution in [-0.2, 0) is 14.3 Å². The van der Waals surface area contributed by atoms with Crippen molar-refractivity contribution in [3.63, 3.8) is 0 Å². The molecule has 12 heavy (non-hydrogen) atoms. The first-order valence-electron chi connectivity index (χ1n) is 3.38. The van der Waals surface area contributed by atoms with Crippen molar-refractivity contribution in [2.45, 2.75) is 6.92 Å². The maximum atomic E-state index is 10.2. The third-order valence-corrected chi connectivity index (χ3v) is 0.984. The van der Waals surface area contributed by atoms with E-state index in [0.717, 1.165) is 6.26 Å². The van der Waals surface area contributed by atoms with E-state index in [-0.39, 0.29) is 25.6 Å². The van der Waals surface area contributed by atoms with E-state index in [1.165, 1.54) is 6.92 Å². The second-order valence-electron chi connectivity index (χ2n) is 2.02. The van der Waals surface area contributed by atoms with Crippen LogP contribution in [0, 0.1) is 0 Å². The SMILES string of the molecule is CC(=COCOCCO)C(=O)O. The molecule has 0 aromatic heterocycles. The van der Waals surface area contributed by atoms with Gasteiger partial charge in [-0.1, -0.05) is 0 Å². The molecule has 2 N–H and O–H groups in total. The van der Waals surface area contributed by atoms with Crippen LogP contribution < -0.4 is 0 Å². The van der Waals surface area contributed by atoms with Gasteiger partial charge in [-0.15, -0.1) is 0 Å². The van der Waals surface area contributed by atoms with Gasteiger partial charge >= 0.3 is 5.97 Å². The molecule has 0 heterocycles. The summed E-state index contributed by atoms with van der Waals surface area (Å²) in [7, 11) is 0. The zero-order valence-corrected chi connectivity index (χ0v) is 6.82. The highest BCUT2D eigenvalue weighted by Gasteiger charge is 1.98. The Morgan fingerprint density at radius 3 is 2.75 bits per heavy atom. The third kappa shape index (κ3) is 5.70. The molecule has 0 rings (SSSR count). The van der Waals surface area contributed by atoms with Crippen molar-refractivity contribution in [2.75, 3.05) is 20.0 Å². The van der Waals surface area contributed by atoms with Crippen LogP contribution in [0.3, 0.4) is 0 Å². The van der Waals surface area contributed by atoms with Gasteiger partial charge in [0.15, 0.2) is 6.79 Å². The first-order valence-corrected chi connectivity index (χ1v) is 3.38. The molecule has 5 heteroatoms. The number of aliphatic hydroxyl groups excluding tert-OH is 1. The number of hydrogen-bond acceptors (Lipinski definition) is 4. The highest BCUT2D eigenvalue weighted by atomic mass is 16.7. The van der Waals surface area contributed by atoms with Crippen molar-refractivity contribution in [1.82, 2.24) is 0 Å². The molecule has 0 aliphatic rings. The summed E-state index contributed by atoms with van der Waals surface area (Å²) in [5.41, 5.74) is 0.0996. The van der Waals surface area contributed by atoms with Crippen LogP contribution in [0.2, 0.25) is 0 Å². The number of carbonyl (C=O) groups is 1. The summed E-state index contributed by atoms with van der Waals surface area (Å²) in [5.74, 6) is -1.03. The van der Waals surface area contributed by atoms with Gasteiger partial charge in [-0.25, -0.2) is 4.79 Å². The predicted octanol–water partition coefficient (Wildman–Crippen LogP) is -0.0422. The minimum Gasteiger partial charge on any atom is -0.478 e. The van der Waals surface area contributed by atoms with Crippen molar-refractivity contribution in [3.8, 4) is 0 Å². The molecule has 0 bridgehead atoms. The van der Waals surface area contributed by atoms with E-state index in [9.17, 15) is 4.79 Å². The molecule has 0 unspecified atom stereocenters. The smallest absolute Gasteiger partial charge is 0.334 e. The lowest BCUT2D eigenvalue weighted by molar-refractivity contribution is -0.132. The van der Waals surface area contributed by atoms with Gasteiger partial charge in [0, 0.05) is 0 Å². The quantitative estimate of drug-likeness (QED) is 0.257. The van der Waals surface area contributed by atoms with Crippen LogP contribution in [0.5, 0.6) is 0 Å². The van der Waals surface area contributed by atoms with Gasteiger partial charge in [-0.3, -0.25) is 0 Å². The zero-order chi connectivity index (χ0) is 9.40. The lowest BCUT2D eigenvalue weighted by atomic mass is 10.4. The number of carboxylic acids is 1. The molecule has 0 amide bonds. The van der Waals surface area contributed by atoms with Gasteiger partial charge in [-0.2, -0.15) is 0 Å². The van der Waals surface area contributed by atoms with Gasteiger partial charge < -0.3 is 19.7 Å². The Kier molecular flexibility index (Phi) is 6.04. The molecule has 0 aliphatic carbocycles. The molecule has 0 aromatic rings. The maximum absolute atomic E-state index is 10.2. The summed E-state index contributed by atoms with van der Waals surface area (Å²) in [6.07, 6.45) is 1.10. The standard InChI is InChI=1S/C7H12O5/c1-6(7(9)10)4-12-5-11-3-2-8/h4,8H,2-3,5H2,1H3,(H,9,10). The minimum absolute atomic E-state index is 0.0504. The Morgan fingerprint density at radius 1 is 1.58 bits per heavy atom. The summed E-state index contributed by atoms with van der Waals surface area (Å²) in [6.45, 7) is 1.46. The first kappa shape index (κ1) is 10.9. The molecule has 0 spiro atoms. The van der Waals surface area contributed by atoms with Gasteiger partial charge in [0.1, 0.15) is 0 Å². The lowest BCUT2D eigenvalue weighted by Crippen LogP contribution is -2.03. The van der Waals surface area contributed by atoms with E-state index in [2.05, 4.69) is 4.74 Å². The van der Waals surface area contributed by atoms with Crippen LogP contribution in [0.15, 0.2) is 11.8 Å². The third-order valence-electron chi connectivity index (χ3n) is 0.984. The summed E-state index contributed by atoms with van der Waals surface area (Å²) < 4.78 is 9.39. The Hall–Kier alpha value is -1.07. The van der Waals surface area contributed by atoms with E-state index in [0.29, 0.717) is 0 Å². The molecule has 0 aromatic carbocycles. The van der Waals surface area contributed by atoms with E-state index in [1.807, 2.05) is 0 Å². The van der Waals surface area contributed by atoms with Crippen molar-refractivity contribution < 1.29 is 24.5 Å². The number of ether oxygens (including phenoxy) is 2. The summed E-state index contributed by atoms with van der Waals surface area (Å²) >= 11 is 0. The molecule has 70 valence electrons. The van der Waals surface area contributed by atoms with Crippen molar-refractivity contribution in [3.05, 3.63) is 11.8 Å². The van der Waals surface area contributed by atoms with E-state index >= 15 is 0 Å². The Balaban J connectivity index is 3.40. The summed E-state index contributed by atoms with van der Waals surface area (Å²) in [6, 6.07) is 0. The second-order valence-corrected chi connectivity index (χ2v) is 2.02. The maximum Gasteiger partial charge on any atom is 0.334 e. The monoisotopic (exact) mass is 176 g/mol. The van der Waals surface area contributed by atoms with Crippen LogP contribution in [-0.4, -0.2) is 36.2 Å². The average molecular weight is 176 g/mol. The van der Waals surface area contributed by atoms with E-state index in [1.54, 1.807) is 0 Å². The van der Waals surface area contributed by atoms with Gasteiger partial charge in [0.25, 0.3) is 0 Å². The fourth-order valence-corrected chi connectivity index (χ4v) is 0.381.